The van der Waals surface area contributed by atoms with Crippen molar-refractivity contribution in [2.75, 3.05) is 21.3 Å². The van der Waals surface area contributed by atoms with E-state index in [-0.39, 0.29) is 0 Å². The third kappa shape index (κ3) is 2.87. The maximum absolute atomic E-state index is 9.95. The summed E-state index contributed by atoms with van der Waals surface area (Å²) in [6, 6.07) is 3.44. The second kappa shape index (κ2) is 5.84. The standard InChI is InChI=1S/C10H13BrClNO3/c1-13(16-3)10(14)7-4-6(11)5-8(15-2)9(7)12/h4-5,10,14H,1-3H3. The fourth-order valence-electron chi connectivity index (χ4n) is 1.22. The molecule has 0 aliphatic heterocycles. The number of ether oxygens (including phenoxy) is 1. The zero-order valence-electron chi connectivity index (χ0n) is 9.20. The molecule has 0 saturated carbocycles. The van der Waals surface area contributed by atoms with E-state index in [9.17, 15) is 5.11 Å². The molecule has 0 aromatic heterocycles. The number of nitrogens with zero attached hydrogens (tertiary/aromatic N) is 1. The van der Waals surface area contributed by atoms with Crippen molar-refractivity contribution >= 4 is 27.5 Å². The van der Waals surface area contributed by atoms with Crippen LogP contribution in [-0.4, -0.2) is 31.4 Å². The van der Waals surface area contributed by atoms with Crippen LogP contribution in [0.25, 0.3) is 0 Å². The van der Waals surface area contributed by atoms with Crippen molar-refractivity contribution in [3.63, 3.8) is 0 Å². The predicted octanol–water partition coefficient (Wildman–Crippen LogP) is 2.60. The van der Waals surface area contributed by atoms with Gasteiger partial charge < -0.3 is 9.84 Å². The molecule has 0 saturated heterocycles. The maximum atomic E-state index is 9.95. The normalized spacial score (nSPS) is 12.9. The van der Waals surface area contributed by atoms with Crippen LogP contribution in [0.3, 0.4) is 0 Å². The number of aliphatic hydroxyl groups is 1. The van der Waals surface area contributed by atoms with Crippen LogP contribution >= 0.6 is 27.5 Å². The Kier molecular flexibility index (Phi) is 5.01. The summed E-state index contributed by atoms with van der Waals surface area (Å²) in [6.45, 7) is 0. The largest absolute Gasteiger partial charge is 0.495 e. The fourth-order valence-corrected chi connectivity index (χ4v) is 1.95. The first-order chi connectivity index (χ1) is 7.51. The highest BCUT2D eigenvalue weighted by Crippen LogP contribution is 2.36. The lowest BCUT2D eigenvalue weighted by Gasteiger charge is -2.22. The van der Waals surface area contributed by atoms with Crippen molar-refractivity contribution in [3.05, 3.63) is 27.2 Å². The number of hydrogen-bond acceptors (Lipinski definition) is 4. The maximum Gasteiger partial charge on any atom is 0.156 e. The van der Waals surface area contributed by atoms with E-state index in [1.54, 1.807) is 19.2 Å². The Morgan fingerprint density at radius 3 is 2.56 bits per heavy atom. The van der Waals surface area contributed by atoms with Gasteiger partial charge in [0.1, 0.15) is 5.75 Å². The molecule has 0 amide bonds. The van der Waals surface area contributed by atoms with Gasteiger partial charge in [-0.2, -0.15) is 5.06 Å². The summed E-state index contributed by atoms with van der Waals surface area (Å²) in [4.78, 5) is 4.90. The molecule has 0 aliphatic carbocycles. The second-order valence-electron chi connectivity index (χ2n) is 3.11. The minimum Gasteiger partial charge on any atom is -0.495 e. The van der Waals surface area contributed by atoms with Gasteiger partial charge in [0.05, 0.1) is 19.2 Å². The SMILES string of the molecule is COc1cc(Br)cc(C(O)N(C)OC)c1Cl. The van der Waals surface area contributed by atoms with Crippen LogP contribution in [0.1, 0.15) is 11.8 Å². The van der Waals surface area contributed by atoms with E-state index in [2.05, 4.69) is 15.9 Å². The lowest BCUT2D eigenvalue weighted by atomic mass is 10.2. The van der Waals surface area contributed by atoms with Gasteiger partial charge in [0, 0.05) is 17.1 Å². The number of methoxy groups -OCH3 is 1. The summed E-state index contributed by atoms with van der Waals surface area (Å²) < 4.78 is 5.87. The second-order valence-corrected chi connectivity index (χ2v) is 4.41. The molecule has 1 rings (SSSR count). The van der Waals surface area contributed by atoms with Crippen molar-refractivity contribution in [1.82, 2.24) is 5.06 Å². The van der Waals surface area contributed by atoms with Crippen LogP contribution in [0.4, 0.5) is 0 Å². The fraction of sp³-hybridized carbons (Fsp3) is 0.400. The minimum absolute atomic E-state index is 0.363. The van der Waals surface area contributed by atoms with Crippen molar-refractivity contribution in [3.8, 4) is 5.75 Å². The minimum atomic E-state index is -0.955. The molecule has 1 aromatic rings. The van der Waals surface area contributed by atoms with Gasteiger partial charge in [-0.1, -0.05) is 27.5 Å². The summed E-state index contributed by atoms with van der Waals surface area (Å²) in [5.41, 5.74) is 0.511. The first kappa shape index (κ1) is 13.7. The van der Waals surface area contributed by atoms with Crippen molar-refractivity contribution < 1.29 is 14.7 Å². The summed E-state index contributed by atoms with van der Waals surface area (Å²) in [5.74, 6) is 0.495. The average Bonchev–Trinajstić information content (AvgIpc) is 2.29. The van der Waals surface area contributed by atoms with E-state index in [0.29, 0.717) is 16.3 Å². The molecule has 0 spiro atoms. The quantitative estimate of drug-likeness (QED) is 0.685. The monoisotopic (exact) mass is 309 g/mol. The summed E-state index contributed by atoms with van der Waals surface area (Å²) in [7, 11) is 4.59. The Hall–Kier alpha value is -0.330. The van der Waals surface area contributed by atoms with Crippen molar-refractivity contribution in [2.45, 2.75) is 6.23 Å². The molecular formula is C10H13BrClNO3. The molecule has 0 radical (unpaired) electrons. The van der Waals surface area contributed by atoms with Crippen molar-refractivity contribution in [2.24, 2.45) is 0 Å². The molecule has 4 nitrogen and oxygen atoms in total. The Morgan fingerprint density at radius 2 is 2.06 bits per heavy atom. The molecule has 90 valence electrons. The lowest BCUT2D eigenvalue weighted by Crippen LogP contribution is -2.23. The number of benzene rings is 1. The molecule has 0 aliphatic rings. The number of hydrogen-bond donors (Lipinski definition) is 1. The smallest absolute Gasteiger partial charge is 0.156 e. The molecule has 0 bridgehead atoms. The van der Waals surface area contributed by atoms with E-state index in [0.717, 1.165) is 4.47 Å². The van der Waals surface area contributed by atoms with Gasteiger partial charge in [0.15, 0.2) is 6.23 Å². The molecule has 1 aromatic carbocycles. The van der Waals surface area contributed by atoms with E-state index in [1.165, 1.54) is 19.3 Å². The van der Waals surface area contributed by atoms with E-state index in [1.807, 2.05) is 0 Å². The topological polar surface area (TPSA) is 41.9 Å². The van der Waals surface area contributed by atoms with E-state index in [4.69, 9.17) is 21.2 Å². The molecule has 1 N–H and O–H groups in total. The van der Waals surface area contributed by atoms with E-state index < -0.39 is 6.23 Å². The first-order valence-corrected chi connectivity index (χ1v) is 5.66. The van der Waals surface area contributed by atoms with Gasteiger partial charge in [-0.05, 0) is 12.1 Å². The van der Waals surface area contributed by atoms with Crippen LogP contribution in [0, 0.1) is 0 Å². The van der Waals surface area contributed by atoms with Crippen molar-refractivity contribution in [1.29, 1.82) is 0 Å². The molecular weight excluding hydrogens is 297 g/mol. The highest BCUT2D eigenvalue weighted by Gasteiger charge is 2.19. The highest BCUT2D eigenvalue weighted by atomic mass is 79.9. The van der Waals surface area contributed by atoms with Crippen LogP contribution in [0.5, 0.6) is 5.75 Å². The Morgan fingerprint density at radius 1 is 1.44 bits per heavy atom. The third-order valence-electron chi connectivity index (χ3n) is 2.16. The van der Waals surface area contributed by atoms with E-state index >= 15 is 0 Å². The van der Waals surface area contributed by atoms with Gasteiger partial charge in [-0.15, -0.1) is 0 Å². The summed E-state index contributed by atoms with van der Waals surface area (Å²) in [6.07, 6.45) is -0.955. The van der Waals surface area contributed by atoms with Crippen LogP contribution in [-0.2, 0) is 4.84 Å². The zero-order valence-corrected chi connectivity index (χ0v) is 11.5. The van der Waals surface area contributed by atoms with Crippen LogP contribution in [0.2, 0.25) is 5.02 Å². The Bertz CT molecular complexity index is 375. The number of halogens is 2. The highest BCUT2D eigenvalue weighted by molar-refractivity contribution is 9.10. The predicted molar refractivity (Wildman–Crippen MR) is 65.4 cm³/mol. The zero-order chi connectivity index (χ0) is 12.3. The average molecular weight is 311 g/mol. The number of rotatable bonds is 4. The molecule has 0 fully saturated rings. The van der Waals surface area contributed by atoms with Crippen LogP contribution < -0.4 is 4.74 Å². The lowest BCUT2D eigenvalue weighted by molar-refractivity contribution is -0.206. The molecule has 1 unspecified atom stereocenters. The molecule has 0 heterocycles. The summed E-state index contributed by atoms with van der Waals surface area (Å²) >= 11 is 9.41. The molecule has 1 atom stereocenters. The molecule has 16 heavy (non-hydrogen) atoms. The van der Waals surface area contributed by atoms with Gasteiger partial charge in [0.25, 0.3) is 0 Å². The first-order valence-electron chi connectivity index (χ1n) is 4.49. The molecule has 6 heteroatoms. The van der Waals surface area contributed by atoms with Gasteiger partial charge in [-0.25, -0.2) is 0 Å². The Labute approximate surface area is 108 Å². The van der Waals surface area contributed by atoms with Crippen LogP contribution in [0.15, 0.2) is 16.6 Å². The number of hydroxylamine groups is 2. The van der Waals surface area contributed by atoms with Gasteiger partial charge >= 0.3 is 0 Å². The van der Waals surface area contributed by atoms with Gasteiger partial charge in [-0.3, -0.25) is 4.84 Å². The summed E-state index contributed by atoms with van der Waals surface area (Å²) in [5, 5.41) is 11.6. The van der Waals surface area contributed by atoms with Gasteiger partial charge in [0.2, 0.25) is 0 Å². The Balaban J connectivity index is 3.17. The number of aliphatic hydroxyl groups excluding tert-OH is 1. The third-order valence-corrected chi connectivity index (χ3v) is 3.02.